The number of esters is 1. The molecule has 0 saturated carbocycles. The predicted molar refractivity (Wildman–Crippen MR) is 90.5 cm³/mol. The smallest absolute Gasteiger partial charge is 0.341 e. The Morgan fingerprint density at radius 2 is 2.12 bits per heavy atom. The molecule has 0 atom stereocenters. The highest BCUT2D eigenvalue weighted by Crippen LogP contribution is 2.35. The third kappa shape index (κ3) is 3.51. The van der Waals surface area contributed by atoms with Gasteiger partial charge in [-0.05, 0) is 19.9 Å². The Bertz CT molecular complexity index is 815. The fraction of sp³-hybridized carbons (Fsp3) is 0.200. The van der Waals surface area contributed by atoms with Gasteiger partial charge in [-0.25, -0.2) is 4.79 Å². The number of carbonyl (C=O) groups is 2. The van der Waals surface area contributed by atoms with Crippen molar-refractivity contribution in [3.8, 4) is 0 Å². The van der Waals surface area contributed by atoms with Crippen molar-refractivity contribution < 1.29 is 19.2 Å². The second-order valence-corrected chi connectivity index (χ2v) is 5.83. The molecule has 2 rings (SSSR count). The van der Waals surface area contributed by atoms with Gasteiger partial charge in [0, 0.05) is 23.3 Å². The lowest BCUT2D eigenvalue weighted by Crippen LogP contribution is -2.12. The third-order valence-corrected chi connectivity index (χ3v) is 4.24. The first kappa shape index (κ1) is 17.4. The molecule has 8 nitrogen and oxygen atoms in total. The predicted octanol–water partition coefficient (Wildman–Crippen LogP) is 2.98. The van der Waals surface area contributed by atoms with Gasteiger partial charge in [-0.3, -0.25) is 14.9 Å². The number of nitrogens with two attached hydrogens (primary N) is 1. The summed E-state index contributed by atoms with van der Waals surface area (Å²) < 4.78 is 4.93. The van der Waals surface area contributed by atoms with Gasteiger partial charge >= 0.3 is 5.97 Å². The number of nitrogens with one attached hydrogen (secondary N) is 1. The first-order valence-corrected chi connectivity index (χ1v) is 7.78. The Hall–Kier alpha value is -2.94. The molecule has 24 heavy (non-hydrogen) atoms. The average Bonchev–Trinajstić information content (AvgIpc) is 2.81. The summed E-state index contributed by atoms with van der Waals surface area (Å²) in [5, 5.41) is 14.0. The molecule has 0 fully saturated rings. The van der Waals surface area contributed by atoms with E-state index in [0.717, 1.165) is 11.3 Å². The fourth-order valence-electron chi connectivity index (χ4n) is 2.05. The highest BCUT2D eigenvalue weighted by molar-refractivity contribution is 7.20. The molecule has 0 aliphatic carbocycles. The van der Waals surface area contributed by atoms with E-state index in [1.54, 1.807) is 13.8 Å². The Kier molecular flexibility index (Phi) is 5.14. The zero-order chi connectivity index (χ0) is 17.9. The second-order valence-electron chi connectivity index (χ2n) is 4.78. The number of nitro benzene ring substituents is 1. The largest absolute Gasteiger partial charge is 0.462 e. The Morgan fingerprint density at radius 1 is 1.42 bits per heavy atom. The summed E-state index contributed by atoms with van der Waals surface area (Å²) in [5.41, 5.74) is 6.49. The number of hydrogen-bond donors (Lipinski definition) is 2. The molecule has 1 aromatic heterocycles. The molecule has 0 bridgehead atoms. The van der Waals surface area contributed by atoms with Gasteiger partial charge in [-0.15, -0.1) is 0 Å². The summed E-state index contributed by atoms with van der Waals surface area (Å²) in [7, 11) is 0. The number of benzene rings is 1. The molecule has 0 aliphatic heterocycles. The first-order chi connectivity index (χ1) is 11.3. The topological polar surface area (TPSA) is 125 Å². The molecular weight excluding hydrogens is 334 g/mol. The summed E-state index contributed by atoms with van der Waals surface area (Å²) in [6.45, 7) is 3.53. The van der Waals surface area contributed by atoms with Gasteiger partial charge in [0.05, 0.1) is 17.1 Å². The molecule has 0 saturated heterocycles. The summed E-state index contributed by atoms with van der Waals surface area (Å²) in [5.74, 6) is -1.09. The van der Waals surface area contributed by atoms with E-state index in [2.05, 4.69) is 5.32 Å². The van der Waals surface area contributed by atoms with Crippen LogP contribution < -0.4 is 11.1 Å². The second kappa shape index (κ2) is 7.09. The number of rotatable bonds is 5. The normalized spacial score (nSPS) is 10.2. The summed E-state index contributed by atoms with van der Waals surface area (Å²) in [6, 6.07) is 5.35. The lowest BCUT2D eigenvalue weighted by molar-refractivity contribution is -0.384. The van der Waals surface area contributed by atoms with Crippen LogP contribution in [0.2, 0.25) is 0 Å². The van der Waals surface area contributed by atoms with Crippen molar-refractivity contribution in [3.63, 3.8) is 0 Å². The molecule has 0 unspecified atom stereocenters. The van der Waals surface area contributed by atoms with Crippen LogP contribution in [0.25, 0.3) is 0 Å². The van der Waals surface area contributed by atoms with Crippen LogP contribution in [0.3, 0.4) is 0 Å². The number of nitrogen functional groups attached to an aromatic ring is 1. The van der Waals surface area contributed by atoms with Crippen LogP contribution in [-0.2, 0) is 4.74 Å². The summed E-state index contributed by atoms with van der Waals surface area (Å²) in [4.78, 5) is 34.4. The summed E-state index contributed by atoms with van der Waals surface area (Å²) in [6.07, 6.45) is 0. The number of thiophene rings is 1. The lowest BCUT2D eigenvalue weighted by Gasteiger charge is -2.05. The van der Waals surface area contributed by atoms with Gasteiger partial charge in [-0.2, -0.15) is 0 Å². The van der Waals surface area contributed by atoms with Gasteiger partial charge in [0.15, 0.2) is 0 Å². The van der Waals surface area contributed by atoms with Gasteiger partial charge < -0.3 is 15.8 Å². The van der Waals surface area contributed by atoms with E-state index in [-0.39, 0.29) is 28.4 Å². The third-order valence-electron chi connectivity index (χ3n) is 3.20. The van der Waals surface area contributed by atoms with Crippen LogP contribution in [-0.4, -0.2) is 23.4 Å². The van der Waals surface area contributed by atoms with E-state index in [1.165, 1.54) is 24.3 Å². The minimum absolute atomic E-state index is 0.133. The number of nitro groups is 1. The SMILES string of the molecule is CCOC(=O)c1c(N)sc(NC(=O)c2cccc([N+](=O)[O-])c2)c1C. The molecule has 1 aromatic carbocycles. The van der Waals surface area contributed by atoms with Crippen LogP contribution >= 0.6 is 11.3 Å². The zero-order valence-electron chi connectivity index (χ0n) is 13.0. The maximum Gasteiger partial charge on any atom is 0.341 e. The maximum atomic E-state index is 12.3. The van der Waals surface area contributed by atoms with E-state index in [4.69, 9.17) is 10.5 Å². The lowest BCUT2D eigenvalue weighted by atomic mass is 10.1. The van der Waals surface area contributed by atoms with Crippen molar-refractivity contribution in [1.82, 2.24) is 0 Å². The Labute approximate surface area is 141 Å². The van der Waals surface area contributed by atoms with Gasteiger partial charge in [0.1, 0.15) is 10.0 Å². The van der Waals surface area contributed by atoms with Crippen LogP contribution in [0.4, 0.5) is 15.7 Å². The number of hydrogen-bond acceptors (Lipinski definition) is 7. The van der Waals surface area contributed by atoms with E-state index < -0.39 is 16.8 Å². The molecule has 1 heterocycles. The maximum absolute atomic E-state index is 12.3. The molecular formula is C15H15N3O5S. The molecule has 0 spiro atoms. The number of non-ortho nitro benzene ring substituents is 1. The number of carbonyl (C=O) groups excluding carboxylic acids is 2. The van der Waals surface area contributed by atoms with E-state index in [9.17, 15) is 19.7 Å². The Balaban J connectivity index is 2.27. The number of amides is 1. The molecule has 1 amide bonds. The van der Waals surface area contributed by atoms with Crippen molar-refractivity contribution in [2.45, 2.75) is 13.8 Å². The molecule has 0 aliphatic rings. The van der Waals surface area contributed by atoms with Crippen molar-refractivity contribution in [2.24, 2.45) is 0 Å². The molecule has 0 radical (unpaired) electrons. The van der Waals surface area contributed by atoms with Gasteiger partial charge in [0.25, 0.3) is 11.6 Å². The Morgan fingerprint density at radius 3 is 2.75 bits per heavy atom. The highest BCUT2D eigenvalue weighted by Gasteiger charge is 2.22. The quantitative estimate of drug-likeness (QED) is 0.486. The van der Waals surface area contributed by atoms with Crippen LogP contribution in [0.15, 0.2) is 24.3 Å². The van der Waals surface area contributed by atoms with Crippen molar-refractivity contribution in [2.75, 3.05) is 17.7 Å². The number of nitrogens with zero attached hydrogens (tertiary/aromatic N) is 1. The zero-order valence-corrected chi connectivity index (χ0v) is 13.8. The summed E-state index contributed by atoms with van der Waals surface area (Å²) >= 11 is 1.04. The van der Waals surface area contributed by atoms with Crippen molar-refractivity contribution in [1.29, 1.82) is 0 Å². The number of anilines is 2. The minimum Gasteiger partial charge on any atom is -0.462 e. The van der Waals surface area contributed by atoms with Crippen molar-refractivity contribution >= 4 is 38.9 Å². The minimum atomic E-state index is -0.579. The van der Waals surface area contributed by atoms with Crippen molar-refractivity contribution in [3.05, 3.63) is 51.1 Å². The molecule has 9 heteroatoms. The first-order valence-electron chi connectivity index (χ1n) is 6.97. The van der Waals surface area contributed by atoms with Crippen LogP contribution in [0, 0.1) is 17.0 Å². The molecule has 126 valence electrons. The van der Waals surface area contributed by atoms with E-state index in [1.807, 2.05) is 0 Å². The number of ether oxygens (including phenoxy) is 1. The van der Waals surface area contributed by atoms with E-state index >= 15 is 0 Å². The van der Waals surface area contributed by atoms with Gasteiger partial charge in [0.2, 0.25) is 0 Å². The molecule has 3 N–H and O–H groups in total. The van der Waals surface area contributed by atoms with Crippen LogP contribution in [0.1, 0.15) is 33.2 Å². The van der Waals surface area contributed by atoms with Crippen LogP contribution in [0.5, 0.6) is 0 Å². The monoisotopic (exact) mass is 349 g/mol. The highest BCUT2D eigenvalue weighted by atomic mass is 32.1. The van der Waals surface area contributed by atoms with Gasteiger partial charge in [-0.1, -0.05) is 17.4 Å². The fourth-order valence-corrected chi connectivity index (χ4v) is 3.01. The van der Waals surface area contributed by atoms with E-state index in [0.29, 0.717) is 10.6 Å². The standard InChI is InChI=1S/C15H15N3O5S/c1-3-23-15(20)11-8(2)14(24-12(11)16)17-13(19)9-5-4-6-10(7-9)18(21)22/h4-7H,3,16H2,1-2H3,(H,17,19). The molecule has 2 aromatic rings. The average molecular weight is 349 g/mol.